The van der Waals surface area contributed by atoms with Crippen LogP contribution in [0, 0.1) is 0 Å². The van der Waals surface area contributed by atoms with Crippen LogP contribution in [0.25, 0.3) is 0 Å². The lowest BCUT2D eigenvalue weighted by Gasteiger charge is -2.11. The van der Waals surface area contributed by atoms with Crippen molar-refractivity contribution >= 4 is 40.5 Å². The van der Waals surface area contributed by atoms with E-state index in [4.69, 9.17) is 23.2 Å². The summed E-state index contributed by atoms with van der Waals surface area (Å²) >= 11 is 11.7. The average molecular weight is 305 g/mol. The summed E-state index contributed by atoms with van der Waals surface area (Å²) in [7, 11) is 0. The molecule has 0 atom stereocenters. The Hall–Kier alpha value is -1.84. The Kier molecular flexibility index (Phi) is 3.47. The van der Waals surface area contributed by atoms with Crippen LogP contribution < -0.4 is 5.01 Å². The minimum absolute atomic E-state index is 0.0581. The van der Waals surface area contributed by atoms with Crippen LogP contribution in [0.3, 0.4) is 0 Å². The smallest absolute Gasteiger partial charge is 0.253 e. The van der Waals surface area contributed by atoms with Crippen molar-refractivity contribution in [1.82, 2.24) is 0 Å². The van der Waals surface area contributed by atoms with E-state index in [1.54, 1.807) is 36.4 Å². The molecule has 1 amide bonds. The monoisotopic (exact) mass is 304 g/mol. The molecule has 0 bridgehead atoms. The van der Waals surface area contributed by atoms with Crippen molar-refractivity contribution in [3.05, 3.63) is 64.1 Å². The number of hydrogen-bond donors (Lipinski definition) is 0. The summed E-state index contributed by atoms with van der Waals surface area (Å²) in [5.74, 6) is -0.0581. The summed E-state index contributed by atoms with van der Waals surface area (Å²) in [6.07, 6.45) is 0.282. The second-order valence-corrected chi connectivity index (χ2v) is 5.29. The summed E-state index contributed by atoms with van der Waals surface area (Å²) in [6, 6.07) is 14.3. The van der Waals surface area contributed by atoms with Crippen LogP contribution in [-0.2, 0) is 4.79 Å². The van der Waals surface area contributed by atoms with Crippen LogP contribution in [0.5, 0.6) is 0 Å². The minimum atomic E-state index is -0.0581. The number of nitrogens with zero attached hydrogens (tertiary/aromatic N) is 2. The van der Waals surface area contributed by atoms with Gasteiger partial charge in [0.2, 0.25) is 0 Å². The van der Waals surface area contributed by atoms with Gasteiger partial charge in [-0.1, -0.05) is 35.3 Å². The molecule has 100 valence electrons. The normalized spacial score (nSPS) is 14.6. The molecule has 3 nitrogen and oxygen atoms in total. The molecule has 3 rings (SSSR count). The first-order valence-electron chi connectivity index (χ1n) is 6.05. The lowest BCUT2D eigenvalue weighted by molar-refractivity contribution is -0.116. The van der Waals surface area contributed by atoms with Crippen LogP contribution >= 0.6 is 23.2 Å². The third kappa shape index (κ3) is 2.55. The molecule has 5 heteroatoms. The molecule has 2 aromatic carbocycles. The van der Waals surface area contributed by atoms with Crippen molar-refractivity contribution in [1.29, 1.82) is 0 Å². The molecule has 1 aliphatic heterocycles. The van der Waals surface area contributed by atoms with Crippen molar-refractivity contribution in [3.8, 4) is 0 Å². The largest absolute Gasteiger partial charge is 0.272 e. The van der Waals surface area contributed by atoms with Gasteiger partial charge in [0, 0.05) is 10.0 Å². The standard InChI is InChI=1S/C15H10Cl2N2O/c16-11-3-1-10(2-4-11)14-9-15(20)19(18-14)13-7-5-12(17)6-8-13/h1-8H,9H2. The van der Waals surface area contributed by atoms with Gasteiger partial charge in [0.15, 0.2) is 0 Å². The van der Waals surface area contributed by atoms with Crippen molar-refractivity contribution in [2.24, 2.45) is 5.10 Å². The molecular weight excluding hydrogens is 295 g/mol. The molecule has 0 radical (unpaired) electrons. The number of halogens is 2. The highest BCUT2D eigenvalue weighted by Crippen LogP contribution is 2.24. The molecule has 0 saturated carbocycles. The van der Waals surface area contributed by atoms with E-state index in [0.29, 0.717) is 15.7 Å². The fourth-order valence-corrected chi connectivity index (χ4v) is 2.27. The number of hydrogen-bond acceptors (Lipinski definition) is 2. The Morgan fingerprint density at radius 1 is 0.900 bits per heavy atom. The van der Waals surface area contributed by atoms with Crippen molar-refractivity contribution in [2.75, 3.05) is 5.01 Å². The molecule has 20 heavy (non-hydrogen) atoms. The summed E-state index contributed by atoms with van der Waals surface area (Å²) in [6.45, 7) is 0. The Labute approximate surface area is 126 Å². The SMILES string of the molecule is O=C1CC(c2ccc(Cl)cc2)=NN1c1ccc(Cl)cc1. The van der Waals surface area contributed by atoms with E-state index in [1.807, 2.05) is 12.1 Å². The third-order valence-electron chi connectivity index (χ3n) is 3.02. The van der Waals surface area contributed by atoms with Crippen LogP contribution in [0.15, 0.2) is 53.6 Å². The fraction of sp³-hybridized carbons (Fsp3) is 0.0667. The highest BCUT2D eigenvalue weighted by atomic mass is 35.5. The van der Waals surface area contributed by atoms with Crippen molar-refractivity contribution < 1.29 is 4.79 Å². The number of anilines is 1. The second-order valence-electron chi connectivity index (χ2n) is 4.41. The fourth-order valence-electron chi connectivity index (χ4n) is 2.02. The number of benzene rings is 2. The number of hydrazone groups is 1. The maximum absolute atomic E-state index is 12.1. The van der Waals surface area contributed by atoms with Gasteiger partial charge in [-0.25, -0.2) is 5.01 Å². The summed E-state index contributed by atoms with van der Waals surface area (Å²) in [5, 5.41) is 7.07. The maximum atomic E-state index is 12.1. The molecule has 0 unspecified atom stereocenters. The summed E-state index contributed by atoms with van der Waals surface area (Å²) < 4.78 is 0. The predicted molar refractivity (Wildman–Crippen MR) is 81.5 cm³/mol. The Morgan fingerprint density at radius 2 is 1.45 bits per heavy atom. The molecular formula is C15H10Cl2N2O. The van der Waals surface area contributed by atoms with Crippen LogP contribution in [-0.4, -0.2) is 11.6 Å². The zero-order valence-corrected chi connectivity index (χ0v) is 11.9. The van der Waals surface area contributed by atoms with Gasteiger partial charge < -0.3 is 0 Å². The summed E-state index contributed by atoms with van der Waals surface area (Å²) in [5.41, 5.74) is 2.35. The lowest BCUT2D eigenvalue weighted by atomic mass is 10.1. The van der Waals surface area contributed by atoms with E-state index >= 15 is 0 Å². The highest BCUT2D eigenvalue weighted by Gasteiger charge is 2.25. The third-order valence-corrected chi connectivity index (χ3v) is 3.53. The average Bonchev–Trinajstić information content (AvgIpc) is 2.82. The topological polar surface area (TPSA) is 32.7 Å². The summed E-state index contributed by atoms with van der Waals surface area (Å²) in [4.78, 5) is 12.1. The van der Waals surface area contributed by atoms with Gasteiger partial charge in [0.1, 0.15) is 0 Å². The first kappa shape index (κ1) is 13.2. The van der Waals surface area contributed by atoms with Crippen molar-refractivity contribution in [2.45, 2.75) is 6.42 Å². The predicted octanol–water partition coefficient (Wildman–Crippen LogP) is 4.13. The molecule has 0 saturated heterocycles. The number of amides is 1. The molecule has 2 aromatic rings. The highest BCUT2D eigenvalue weighted by molar-refractivity contribution is 6.31. The lowest BCUT2D eigenvalue weighted by Crippen LogP contribution is -2.19. The Bertz CT molecular complexity index is 678. The van der Waals surface area contributed by atoms with Gasteiger partial charge in [-0.2, -0.15) is 5.10 Å². The van der Waals surface area contributed by atoms with E-state index in [9.17, 15) is 4.79 Å². The minimum Gasteiger partial charge on any atom is -0.272 e. The van der Waals surface area contributed by atoms with Gasteiger partial charge in [-0.15, -0.1) is 0 Å². The maximum Gasteiger partial charge on any atom is 0.253 e. The van der Waals surface area contributed by atoms with E-state index < -0.39 is 0 Å². The Morgan fingerprint density at radius 3 is 2.05 bits per heavy atom. The van der Waals surface area contributed by atoms with E-state index in [0.717, 1.165) is 11.3 Å². The number of carbonyl (C=O) groups excluding carboxylic acids is 1. The van der Waals surface area contributed by atoms with Gasteiger partial charge in [-0.3, -0.25) is 4.79 Å². The zero-order chi connectivity index (χ0) is 14.1. The zero-order valence-electron chi connectivity index (χ0n) is 10.4. The molecule has 0 aliphatic carbocycles. The quantitative estimate of drug-likeness (QED) is 0.821. The van der Waals surface area contributed by atoms with Crippen molar-refractivity contribution in [3.63, 3.8) is 0 Å². The molecule has 1 aliphatic rings. The van der Waals surface area contributed by atoms with Gasteiger partial charge in [0.25, 0.3) is 5.91 Å². The van der Waals surface area contributed by atoms with Crippen LogP contribution in [0.1, 0.15) is 12.0 Å². The Balaban J connectivity index is 1.92. The van der Waals surface area contributed by atoms with E-state index in [-0.39, 0.29) is 12.3 Å². The van der Waals surface area contributed by atoms with E-state index in [1.165, 1.54) is 5.01 Å². The molecule has 0 spiro atoms. The van der Waals surface area contributed by atoms with Gasteiger partial charge >= 0.3 is 0 Å². The molecule has 0 fully saturated rings. The molecule has 0 N–H and O–H groups in total. The van der Waals surface area contributed by atoms with Gasteiger partial charge in [0.05, 0.1) is 17.8 Å². The van der Waals surface area contributed by atoms with Crippen LogP contribution in [0.4, 0.5) is 5.69 Å². The second kappa shape index (κ2) is 5.27. The van der Waals surface area contributed by atoms with Crippen LogP contribution in [0.2, 0.25) is 10.0 Å². The first-order valence-corrected chi connectivity index (χ1v) is 6.81. The first-order chi connectivity index (χ1) is 9.63. The molecule has 1 heterocycles. The molecule has 0 aromatic heterocycles. The number of carbonyl (C=O) groups is 1. The van der Waals surface area contributed by atoms with Gasteiger partial charge in [-0.05, 0) is 42.0 Å². The van der Waals surface area contributed by atoms with E-state index in [2.05, 4.69) is 5.10 Å². The number of rotatable bonds is 2.